The van der Waals surface area contributed by atoms with Crippen molar-refractivity contribution < 1.29 is 4.79 Å². The van der Waals surface area contributed by atoms with Gasteiger partial charge in [-0.2, -0.15) is 0 Å². The average molecular weight is 144 g/mol. The maximum atomic E-state index is 10.8. The van der Waals surface area contributed by atoms with E-state index in [2.05, 4.69) is 5.32 Å². The van der Waals surface area contributed by atoms with Crippen LogP contribution in [0.1, 0.15) is 6.92 Å². The largest absolute Gasteiger partial charge is 0.310 e. The van der Waals surface area contributed by atoms with Crippen LogP contribution >= 0.6 is 0 Å². The molecule has 3 nitrogen and oxygen atoms in total. The van der Waals surface area contributed by atoms with Crippen LogP contribution in [0.2, 0.25) is 0 Å². The predicted molar refractivity (Wildman–Crippen MR) is 42.1 cm³/mol. The van der Waals surface area contributed by atoms with Crippen LogP contribution in [-0.2, 0) is 4.79 Å². The molecule has 0 spiro atoms. The summed E-state index contributed by atoms with van der Waals surface area (Å²) in [5.74, 6) is 0.191. The number of likely N-dealkylation sites (N-methyl/N-ethyl adjacent to an activating group) is 2. The summed E-state index contributed by atoms with van der Waals surface area (Å²) in [5.41, 5.74) is 0. The fourth-order valence-electron chi connectivity index (χ4n) is 0.788. The Morgan fingerprint density at radius 3 is 2.20 bits per heavy atom. The number of Topliss-reactive ketones (excluding diaryl/α,β-unsaturated/α-hetero) is 1. The standard InChI is InChI=1S/C7H16N2O/c1-6(10)7(8-2)5-9(3)4/h7-8H,5H2,1-4H3. The van der Waals surface area contributed by atoms with Gasteiger partial charge in [-0.25, -0.2) is 0 Å². The summed E-state index contributed by atoms with van der Waals surface area (Å²) >= 11 is 0. The van der Waals surface area contributed by atoms with E-state index in [4.69, 9.17) is 0 Å². The summed E-state index contributed by atoms with van der Waals surface area (Å²) in [6.45, 7) is 2.37. The van der Waals surface area contributed by atoms with Gasteiger partial charge in [0.2, 0.25) is 0 Å². The van der Waals surface area contributed by atoms with Gasteiger partial charge in [0.15, 0.2) is 0 Å². The second-order valence-corrected chi connectivity index (χ2v) is 2.71. The van der Waals surface area contributed by atoms with Gasteiger partial charge < -0.3 is 10.2 Å². The zero-order chi connectivity index (χ0) is 8.15. The average Bonchev–Trinajstić information content (AvgIpc) is 1.81. The first-order valence-electron chi connectivity index (χ1n) is 3.40. The third-order valence-electron chi connectivity index (χ3n) is 1.39. The minimum Gasteiger partial charge on any atom is -0.310 e. The molecule has 0 fully saturated rings. The Labute approximate surface area is 62.4 Å². The Hall–Kier alpha value is -0.410. The molecule has 0 radical (unpaired) electrons. The van der Waals surface area contributed by atoms with E-state index in [-0.39, 0.29) is 11.8 Å². The van der Waals surface area contributed by atoms with Gasteiger partial charge >= 0.3 is 0 Å². The Morgan fingerprint density at radius 2 is 2.10 bits per heavy atom. The topological polar surface area (TPSA) is 32.3 Å². The highest BCUT2D eigenvalue weighted by Gasteiger charge is 2.10. The predicted octanol–water partition coefficient (Wildman–Crippen LogP) is -0.275. The van der Waals surface area contributed by atoms with Crippen LogP contribution < -0.4 is 5.32 Å². The lowest BCUT2D eigenvalue weighted by Crippen LogP contribution is -2.41. The molecule has 0 aromatic carbocycles. The fourth-order valence-corrected chi connectivity index (χ4v) is 0.788. The number of ketones is 1. The molecule has 1 unspecified atom stereocenters. The summed E-state index contributed by atoms with van der Waals surface area (Å²) in [4.78, 5) is 12.8. The second-order valence-electron chi connectivity index (χ2n) is 2.71. The number of hydrogen-bond acceptors (Lipinski definition) is 3. The minimum absolute atomic E-state index is 0.0185. The van der Waals surface area contributed by atoms with Crippen LogP contribution in [0, 0.1) is 0 Å². The minimum atomic E-state index is -0.0185. The van der Waals surface area contributed by atoms with Gasteiger partial charge in [0.1, 0.15) is 5.78 Å². The molecule has 0 rings (SSSR count). The summed E-state index contributed by atoms with van der Waals surface area (Å²) in [6.07, 6.45) is 0. The summed E-state index contributed by atoms with van der Waals surface area (Å²) in [6, 6.07) is -0.0185. The fraction of sp³-hybridized carbons (Fsp3) is 0.857. The Kier molecular flexibility index (Phi) is 4.23. The third kappa shape index (κ3) is 3.58. The molecule has 0 saturated carbocycles. The van der Waals surface area contributed by atoms with Crippen LogP contribution in [0.25, 0.3) is 0 Å². The van der Waals surface area contributed by atoms with Gasteiger partial charge in [-0.05, 0) is 28.1 Å². The van der Waals surface area contributed by atoms with Gasteiger partial charge in [0.25, 0.3) is 0 Å². The molecule has 3 heteroatoms. The van der Waals surface area contributed by atoms with Crippen molar-refractivity contribution in [1.82, 2.24) is 10.2 Å². The Morgan fingerprint density at radius 1 is 1.60 bits per heavy atom. The highest BCUT2D eigenvalue weighted by molar-refractivity contribution is 5.81. The first-order chi connectivity index (χ1) is 4.57. The molecule has 0 aliphatic rings. The quantitative estimate of drug-likeness (QED) is 0.589. The monoisotopic (exact) mass is 144 g/mol. The Bertz CT molecular complexity index is 112. The molecule has 0 aliphatic heterocycles. The highest BCUT2D eigenvalue weighted by atomic mass is 16.1. The molecule has 0 aromatic rings. The van der Waals surface area contributed by atoms with E-state index in [0.29, 0.717) is 0 Å². The van der Waals surface area contributed by atoms with Gasteiger partial charge in [-0.1, -0.05) is 0 Å². The van der Waals surface area contributed by atoms with E-state index in [1.54, 1.807) is 14.0 Å². The van der Waals surface area contributed by atoms with Crippen molar-refractivity contribution in [3.05, 3.63) is 0 Å². The summed E-state index contributed by atoms with van der Waals surface area (Å²) < 4.78 is 0. The molecule has 0 heterocycles. The molecule has 0 amide bonds. The Balaban J connectivity index is 3.72. The number of nitrogens with zero attached hydrogens (tertiary/aromatic N) is 1. The number of carbonyl (C=O) groups is 1. The lowest BCUT2D eigenvalue weighted by Gasteiger charge is -2.17. The molecule has 0 aliphatic carbocycles. The van der Waals surface area contributed by atoms with Crippen LogP contribution in [0.5, 0.6) is 0 Å². The van der Waals surface area contributed by atoms with Crippen molar-refractivity contribution in [2.24, 2.45) is 0 Å². The first kappa shape index (κ1) is 9.59. The zero-order valence-electron chi connectivity index (χ0n) is 7.14. The van der Waals surface area contributed by atoms with Crippen molar-refractivity contribution in [1.29, 1.82) is 0 Å². The van der Waals surface area contributed by atoms with E-state index in [1.165, 1.54) is 0 Å². The molecule has 0 saturated heterocycles. The molecule has 1 N–H and O–H groups in total. The van der Waals surface area contributed by atoms with Crippen LogP contribution in [0.4, 0.5) is 0 Å². The highest BCUT2D eigenvalue weighted by Crippen LogP contribution is 1.86. The summed E-state index contributed by atoms with van der Waals surface area (Å²) in [7, 11) is 5.70. The smallest absolute Gasteiger partial charge is 0.147 e. The van der Waals surface area contributed by atoms with Crippen molar-refractivity contribution in [2.75, 3.05) is 27.7 Å². The van der Waals surface area contributed by atoms with Gasteiger partial charge in [-0.3, -0.25) is 4.79 Å². The molecule has 1 atom stereocenters. The van der Waals surface area contributed by atoms with Crippen LogP contribution in [0.3, 0.4) is 0 Å². The molecule has 0 bridgehead atoms. The van der Waals surface area contributed by atoms with E-state index in [0.717, 1.165) is 6.54 Å². The van der Waals surface area contributed by atoms with Crippen molar-refractivity contribution in [2.45, 2.75) is 13.0 Å². The third-order valence-corrected chi connectivity index (χ3v) is 1.39. The molecular formula is C7H16N2O. The van der Waals surface area contributed by atoms with Crippen molar-refractivity contribution in [3.8, 4) is 0 Å². The van der Waals surface area contributed by atoms with E-state index < -0.39 is 0 Å². The maximum Gasteiger partial charge on any atom is 0.147 e. The number of rotatable bonds is 4. The molecule has 60 valence electrons. The van der Waals surface area contributed by atoms with Crippen molar-refractivity contribution in [3.63, 3.8) is 0 Å². The molecular weight excluding hydrogens is 128 g/mol. The molecule has 0 aromatic heterocycles. The lowest BCUT2D eigenvalue weighted by atomic mass is 10.2. The maximum absolute atomic E-state index is 10.8. The van der Waals surface area contributed by atoms with Crippen LogP contribution in [-0.4, -0.2) is 44.4 Å². The second kappa shape index (κ2) is 4.41. The van der Waals surface area contributed by atoms with Crippen molar-refractivity contribution >= 4 is 5.78 Å². The summed E-state index contributed by atoms with van der Waals surface area (Å²) in [5, 5.41) is 2.94. The molecule has 10 heavy (non-hydrogen) atoms. The number of nitrogens with one attached hydrogen (secondary N) is 1. The lowest BCUT2D eigenvalue weighted by molar-refractivity contribution is -0.119. The van der Waals surface area contributed by atoms with Gasteiger partial charge in [0.05, 0.1) is 6.04 Å². The van der Waals surface area contributed by atoms with E-state index in [1.807, 2.05) is 19.0 Å². The van der Waals surface area contributed by atoms with Crippen LogP contribution in [0.15, 0.2) is 0 Å². The van der Waals surface area contributed by atoms with Gasteiger partial charge in [0, 0.05) is 6.54 Å². The van der Waals surface area contributed by atoms with E-state index >= 15 is 0 Å². The van der Waals surface area contributed by atoms with E-state index in [9.17, 15) is 4.79 Å². The van der Waals surface area contributed by atoms with Gasteiger partial charge in [-0.15, -0.1) is 0 Å². The normalized spacial score (nSPS) is 13.7. The number of carbonyl (C=O) groups excluding carboxylic acids is 1. The zero-order valence-corrected chi connectivity index (χ0v) is 7.14. The SMILES string of the molecule is CNC(CN(C)C)C(C)=O. The first-order valence-corrected chi connectivity index (χ1v) is 3.40. The number of hydrogen-bond donors (Lipinski definition) is 1.